The smallest absolute Gasteiger partial charge is 0.293 e. The highest BCUT2D eigenvalue weighted by molar-refractivity contribution is 8.18. The van der Waals surface area contributed by atoms with E-state index in [1.54, 1.807) is 38.1 Å². The zero-order valence-electron chi connectivity index (χ0n) is 14.4. The van der Waals surface area contributed by atoms with Crippen LogP contribution < -0.4 is 4.74 Å². The summed E-state index contributed by atoms with van der Waals surface area (Å²) in [7, 11) is 0. The highest BCUT2D eigenvalue weighted by Crippen LogP contribution is 2.35. The van der Waals surface area contributed by atoms with Crippen molar-refractivity contribution in [2.24, 2.45) is 0 Å². The molecule has 0 radical (unpaired) electrons. The van der Waals surface area contributed by atoms with Crippen LogP contribution in [0.15, 0.2) is 53.4 Å². The van der Waals surface area contributed by atoms with Crippen LogP contribution in [0.1, 0.15) is 25.0 Å². The zero-order valence-corrected chi connectivity index (χ0v) is 15.3. The maximum atomic E-state index is 13.0. The van der Waals surface area contributed by atoms with Crippen LogP contribution in [0.25, 0.3) is 6.08 Å². The van der Waals surface area contributed by atoms with Crippen molar-refractivity contribution in [1.29, 1.82) is 0 Å². The lowest BCUT2D eigenvalue weighted by molar-refractivity contribution is -0.123. The Morgan fingerprint density at radius 2 is 1.81 bits per heavy atom. The zero-order chi connectivity index (χ0) is 18.7. The van der Waals surface area contributed by atoms with Gasteiger partial charge in [0.05, 0.1) is 4.91 Å². The van der Waals surface area contributed by atoms with E-state index in [1.165, 1.54) is 17.0 Å². The third-order valence-electron chi connectivity index (χ3n) is 3.85. The molecule has 2 aromatic carbocycles. The Bertz CT molecular complexity index is 862. The standard InChI is InChI=1S/C20H18FNO3S/c1-13(2)22-19(23)18(26-20(22)24)11-15-5-3-4-6-17(15)25-12-14-7-9-16(21)10-8-14/h3-11,13H,12H2,1-2H3/b18-11-. The number of halogens is 1. The molecule has 2 aromatic rings. The molecule has 2 amide bonds. The van der Waals surface area contributed by atoms with Crippen LogP contribution in [0.5, 0.6) is 5.75 Å². The molecule has 0 bridgehead atoms. The van der Waals surface area contributed by atoms with E-state index >= 15 is 0 Å². The Labute approximate surface area is 155 Å². The minimum atomic E-state index is -0.296. The number of carbonyl (C=O) groups is 2. The van der Waals surface area contributed by atoms with Gasteiger partial charge in [0, 0.05) is 11.6 Å². The van der Waals surface area contributed by atoms with Crippen LogP contribution >= 0.6 is 11.8 Å². The quantitative estimate of drug-likeness (QED) is 0.705. The SMILES string of the molecule is CC(C)N1C(=O)S/C(=C\c2ccccc2OCc2ccc(F)cc2)C1=O. The molecule has 1 heterocycles. The van der Waals surface area contributed by atoms with E-state index < -0.39 is 0 Å². The predicted octanol–water partition coefficient (Wildman–Crippen LogP) is 4.85. The van der Waals surface area contributed by atoms with Crippen molar-refractivity contribution in [3.05, 3.63) is 70.4 Å². The summed E-state index contributed by atoms with van der Waals surface area (Å²) < 4.78 is 18.8. The molecular weight excluding hydrogens is 353 g/mol. The fourth-order valence-electron chi connectivity index (χ4n) is 2.54. The Kier molecular flexibility index (Phi) is 5.42. The van der Waals surface area contributed by atoms with E-state index in [0.717, 1.165) is 17.3 Å². The maximum absolute atomic E-state index is 13.0. The number of hydrogen-bond donors (Lipinski definition) is 0. The molecule has 0 spiro atoms. The van der Waals surface area contributed by atoms with E-state index in [1.807, 2.05) is 18.2 Å². The molecular formula is C20H18FNO3S. The summed E-state index contributed by atoms with van der Waals surface area (Å²) in [5, 5.41) is -0.263. The number of benzene rings is 2. The summed E-state index contributed by atoms with van der Waals surface area (Å²) in [4.78, 5) is 26.1. The molecule has 1 aliphatic heterocycles. The van der Waals surface area contributed by atoms with Crippen molar-refractivity contribution in [2.75, 3.05) is 0 Å². The van der Waals surface area contributed by atoms with Crippen LogP contribution in [0, 0.1) is 5.82 Å². The molecule has 1 saturated heterocycles. The van der Waals surface area contributed by atoms with Crippen molar-refractivity contribution >= 4 is 29.0 Å². The molecule has 26 heavy (non-hydrogen) atoms. The lowest BCUT2D eigenvalue weighted by Crippen LogP contribution is -2.34. The van der Waals surface area contributed by atoms with Gasteiger partial charge in [-0.2, -0.15) is 0 Å². The Morgan fingerprint density at radius 1 is 1.12 bits per heavy atom. The van der Waals surface area contributed by atoms with Gasteiger partial charge in [-0.05, 0) is 55.4 Å². The highest BCUT2D eigenvalue weighted by atomic mass is 32.2. The number of para-hydroxylation sites is 1. The fourth-order valence-corrected chi connectivity index (χ4v) is 3.49. The molecule has 0 atom stereocenters. The Hall–Kier alpha value is -2.60. The Balaban J connectivity index is 1.80. The van der Waals surface area contributed by atoms with Crippen molar-refractivity contribution in [3.63, 3.8) is 0 Å². The average molecular weight is 371 g/mol. The van der Waals surface area contributed by atoms with Crippen molar-refractivity contribution in [2.45, 2.75) is 26.5 Å². The monoisotopic (exact) mass is 371 g/mol. The van der Waals surface area contributed by atoms with Gasteiger partial charge in [0.15, 0.2) is 0 Å². The summed E-state index contributed by atoms with van der Waals surface area (Å²) in [6.07, 6.45) is 1.67. The molecule has 4 nitrogen and oxygen atoms in total. The molecule has 134 valence electrons. The summed E-state index contributed by atoms with van der Waals surface area (Å²) in [5.41, 5.74) is 1.55. The molecule has 1 fully saturated rings. The van der Waals surface area contributed by atoms with Gasteiger partial charge in [0.25, 0.3) is 11.1 Å². The minimum absolute atomic E-state index is 0.182. The van der Waals surface area contributed by atoms with E-state index in [0.29, 0.717) is 16.2 Å². The van der Waals surface area contributed by atoms with E-state index in [4.69, 9.17) is 4.74 Å². The number of amides is 2. The first-order valence-electron chi connectivity index (χ1n) is 8.19. The van der Waals surface area contributed by atoms with Crippen LogP contribution in [-0.2, 0) is 11.4 Å². The number of rotatable bonds is 5. The van der Waals surface area contributed by atoms with Crippen LogP contribution in [0.2, 0.25) is 0 Å². The average Bonchev–Trinajstić information content (AvgIpc) is 2.89. The van der Waals surface area contributed by atoms with Crippen LogP contribution in [0.4, 0.5) is 9.18 Å². The third kappa shape index (κ3) is 3.96. The number of carbonyl (C=O) groups excluding carboxylic acids is 2. The molecule has 3 rings (SSSR count). The van der Waals surface area contributed by atoms with Crippen LogP contribution in [0.3, 0.4) is 0 Å². The van der Waals surface area contributed by atoms with Gasteiger partial charge in [-0.1, -0.05) is 30.3 Å². The van der Waals surface area contributed by atoms with Gasteiger partial charge in [-0.15, -0.1) is 0 Å². The number of imide groups is 1. The lowest BCUT2D eigenvalue weighted by Gasteiger charge is -2.16. The van der Waals surface area contributed by atoms with Crippen LogP contribution in [-0.4, -0.2) is 22.1 Å². The first-order valence-corrected chi connectivity index (χ1v) is 9.00. The summed E-state index contributed by atoms with van der Waals surface area (Å²) >= 11 is 0.931. The van der Waals surface area contributed by atoms with Gasteiger partial charge < -0.3 is 4.74 Å². The molecule has 6 heteroatoms. The first kappa shape index (κ1) is 18.2. The van der Waals surface area contributed by atoms with Gasteiger partial charge in [0.1, 0.15) is 18.2 Å². The number of ether oxygens (including phenoxy) is 1. The third-order valence-corrected chi connectivity index (χ3v) is 4.74. The van der Waals surface area contributed by atoms with Gasteiger partial charge in [0.2, 0.25) is 0 Å². The molecule has 0 aliphatic carbocycles. The van der Waals surface area contributed by atoms with Gasteiger partial charge >= 0.3 is 0 Å². The predicted molar refractivity (Wildman–Crippen MR) is 100 cm³/mol. The molecule has 1 aliphatic rings. The van der Waals surface area contributed by atoms with E-state index in [2.05, 4.69) is 0 Å². The number of thioether (sulfide) groups is 1. The minimum Gasteiger partial charge on any atom is -0.488 e. The normalized spacial score (nSPS) is 16.0. The van der Waals surface area contributed by atoms with Gasteiger partial charge in [-0.25, -0.2) is 4.39 Å². The second kappa shape index (κ2) is 7.74. The Morgan fingerprint density at radius 3 is 2.46 bits per heavy atom. The second-order valence-electron chi connectivity index (χ2n) is 6.10. The highest BCUT2D eigenvalue weighted by Gasteiger charge is 2.36. The van der Waals surface area contributed by atoms with E-state index in [9.17, 15) is 14.0 Å². The largest absolute Gasteiger partial charge is 0.488 e. The molecule has 0 aromatic heterocycles. The lowest BCUT2D eigenvalue weighted by atomic mass is 10.1. The molecule has 0 saturated carbocycles. The summed E-state index contributed by atoms with van der Waals surface area (Å²) in [5.74, 6) is 0.00605. The topological polar surface area (TPSA) is 46.6 Å². The maximum Gasteiger partial charge on any atom is 0.293 e. The van der Waals surface area contributed by atoms with Gasteiger partial charge in [-0.3, -0.25) is 14.5 Å². The summed E-state index contributed by atoms with van der Waals surface area (Å²) in [6, 6.07) is 13.2. The first-order chi connectivity index (χ1) is 12.5. The number of hydrogen-bond acceptors (Lipinski definition) is 4. The molecule has 0 N–H and O–H groups in total. The van der Waals surface area contributed by atoms with Crippen molar-refractivity contribution < 1.29 is 18.7 Å². The fraction of sp³-hybridized carbons (Fsp3) is 0.200. The molecule has 0 unspecified atom stereocenters. The summed E-state index contributed by atoms with van der Waals surface area (Å²) in [6.45, 7) is 3.89. The van der Waals surface area contributed by atoms with Crippen molar-refractivity contribution in [1.82, 2.24) is 4.90 Å². The van der Waals surface area contributed by atoms with Crippen molar-refractivity contribution in [3.8, 4) is 5.75 Å². The second-order valence-corrected chi connectivity index (χ2v) is 7.09. The van der Waals surface area contributed by atoms with E-state index in [-0.39, 0.29) is 29.6 Å². The number of nitrogens with zero attached hydrogens (tertiary/aromatic N) is 1.